The second-order valence-electron chi connectivity index (χ2n) is 4.56. The first-order valence-corrected chi connectivity index (χ1v) is 6.82. The van der Waals surface area contributed by atoms with Gasteiger partial charge in [0.25, 0.3) is 0 Å². The molecule has 0 unspecified atom stereocenters. The van der Waals surface area contributed by atoms with Crippen molar-refractivity contribution in [2.45, 2.75) is 19.4 Å². The van der Waals surface area contributed by atoms with Gasteiger partial charge in [-0.15, -0.1) is 0 Å². The van der Waals surface area contributed by atoms with Gasteiger partial charge < -0.3 is 9.55 Å². The fraction of sp³-hybridized carbons (Fsp3) is 0.200. The fourth-order valence-electron chi connectivity index (χ4n) is 2.32. The van der Waals surface area contributed by atoms with Crippen LogP contribution >= 0.6 is 12.2 Å². The predicted octanol–water partition coefficient (Wildman–Crippen LogP) is 3.73. The highest BCUT2D eigenvalue weighted by molar-refractivity contribution is 7.71. The highest BCUT2D eigenvalue weighted by Gasteiger charge is 2.03. The summed E-state index contributed by atoms with van der Waals surface area (Å²) >= 11 is 5.36. The third-order valence-electron chi connectivity index (χ3n) is 3.27. The lowest BCUT2D eigenvalue weighted by Gasteiger charge is -2.04. The molecule has 0 atom stereocenters. The van der Waals surface area contributed by atoms with E-state index in [2.05, 4.69) is 38.8 Å². The number of aromatic nitrogens is 3. The molecule has 0 aliphatic carbocycles. The molecular weight excluding hydrogens is 254 g/mol. The van der Waals surface area contributed by atoms with Crippen LogP contribution in [0.1, 0.15) is 12.0 Å². The highest BCUT2D eigenvalue weighted by Crippen LogP contribution is 2.13. The van der Waals surface area contributed by atoms with Crippen molar-refractivity contribution in [3.63, 3.8) is 0 Å². The van der Waals surface area contributed by atoms with Crippen LogP contribution in [0.5, 0.6) is 0 Å². The summed E-state index contributed by atoms with van der Waals surface area (Å²) in [7, 11) is 0. The van der Waals surface area contributed by atoms with Crippen LogP contribution < -0.4 is 0 Å². The van der Waals surface area contributed by atoms with E-state index in [1.165, 1.54) is 5.56 Å². The van der Waals surface area contributed by atoms with Gasteiger partial charge in [0.1, 0.15) is 0 Å². The zero-order valence-electron chi connectivity index (χ0n) is 10.5. The SMILES string of the molecule is S=c1[nH]c2cnccc2n1CCCc1ccccc1. The summed E-state index contributed by atoms with van der Waals surface area (Å²) < 4.78 is 2.92. The zero-order chi connectivity index (χ0) is 13.1. The Bertz CT molecular complexity index is 728. The van der Waals surface area contributed by atoms with Gasteiger partial charge in [0.15, 0.2) is 4.77 Å². The minimum atomic E-state index is 0.774. The molecule has 96 valence electrons. The number of nitrogens with zero attached hydrogens (tertiary/aromatic N) is 2. The van der Waals surface area contributed by atoms with Crippen molar-refractivity contribution < 1.29 is 0 Å². The smallest absolute Gasteiger partial charge is 0.178 e. The van der Waals surface area contributed by atoms with Crippen LogP contribution in [-0.2, 0) is 13.0 Å². The van der Waals surface area contributed by atoms with E-state index in [1.807, 2.05) is 18.3 Å². The molecule has 1 aromatic carbocycles. The minimum Gasteiger partial charge on any atom is -0.329 e. The van der Waals surface area contributed by atoms with E-state index in [1.54, 1.807) is 6.20 Å². The molecule has 0 fully saturated rings. The average molecular weight is 269 g/mol. The molecule has 0 radical (unpaired) electrons. The Kier molecular flexibility index (Phi) is 3.42. The van der Waals surface area contributed by atoms with Crippen LogP contribution in [0.2, 0.25) is 0 Å². The van der Waals surface area contributed by atoms with Crippen molar-refractivity contribution in [1.29, 1.82) is 0 Å². The largest absolute Gasteiger partial charge is 0.329 e. The van der Waals surface area contributed by atoms with Gasteiger partial charge in [-0.05, 0) is 36.7 Å². The van der Waals surface area contributed by atoms with E-state index < -0.39 is 0 Å². The van der Waals surface area contributed by atoms with Gasteiger partial charge in [-0.25, -0.2) is 0 Å². The monoisotopic (exact) mass is 269 g/mol. The molecule has 2 heterocycles. The van der Waals surface area contributed by atoms with Crippen LogP contribution in [-0.4, -0.2) is 14.5 Å². The number of imidazole rings is 1. The molecule has 0 aliphatic rings. The molecule has 19 heavy (non-hydrogen) atoms. The summed E-state index contributed by atoms with van der Waals surface area (Å²) in [5.41, 5.74) is 3.51. The average Bonchev–Trinajstić information content (AvgIpc) is 2.76. The molecule has 0 amide bonds. The minimum absolute atomic E-state index is 0.774. The van der Waals surface area contributed by atoms with Crippen molar-refractivity contribution in [2.24, 2.45) is 0 Å². The first-order chi connectivity index (χ1) is 9.34. The van der Waals surface area contributed by atoms with Crippen LogP contribution in [0, 0.1) is 4.77 Å². The van der Waals surface area contributed by atoms with E-state index in [-0.39, 0.29) is 0 Å². The second kappa shape index (κ2) is 5.36. The molecule has 4 heteroatoms. The van der Waals surface area contributed by atoms with Crippen LogP contribution in [0.25, 0.3) is 11.0 Å². The summed E-state index contributed by atoms with van der Waals surface area (Å²) in [6, 6.07) is 12.5. The summed E-state index contributed by atoms with van der Waals surface area (Å²) in [4.78, 5) is 7.30. The number of fused-ring (bicyclic) bond motifs is 1. The van der Waals surface area contributed by atoms with Crippen molar-refractivity contribution in [2.75, 3.05) is 0 Å². The topological polar surface area (TPSA) is 33.6 Å². The Hall–Kier alpha value is -1.94. The molecule has 3 nitrogen and oxygen atoms in total. The Morgan fingerprint density at radius 3 is 2.84 bits per heavy atom. The third-order valence-corrected chi connectivity index (χ3v) is 3.59. The van der Waals surface area contributed by atoms with Gasteiger partial charge in [0, 0.05) is 12.7 Å². The molecular formula is C15H15N3S. The molecule has 3 aromatic rings. The van der Waals surface area contributed by atoms with Crippen molar-refractivity contribution in [3.05, 3.63) is 59.1 Å². The maximum absolute atomic E-state index is 5.36. The summed E-state index contributed by atoms with van der Waals surface area (Å²) in [5, 5.41) is 0. The van der Waals surface area contributed by atoms with Gasteiger partial charge in [-0.3, -0.25) is 4.98 Å². The second-order valence-corrected chi connectivity index (χ2v) is 4.95. The van der Waals surface area contributed by atoms with Crippen LogP contribution in [0.4, 0.5) is 0 Å². The van der Waals surface area contributed by atoms with Crippen LogP contribution in [0.15, 0.2) is 48.8 Å². The number of H-pyrrole nitrogens is 1. The Labute approximate surface area is 116 Å². The molecule has 0 saturated heterocycles. The fourth-order valence-corrected chi connectivity index (χ4v) is 2.62. The lowest BCUT2D eigenvalue weighted by Crippen LogP contribution is -1.99. The number of aryl methyl sites for hydroxylation is 2. The standard InChI is InChI=1S/C15H15N3S/c19-15-17-13-11-16-9-8-14(13)18(15)10-4-7-12-5-2-1-3-6-12/h1-3,5-6,8-9,11H,4,7,10H2,(H,17,19). The Morgan fingerprint density at radius 1 is 1.16 bits per heavy atom. The van der Waals surface area contributed by atoms with Crippen LogP contribution in [0.3, 0.4) is 0 Å². The van der Waals surface area contributed by atoms with E-state index in [0.29, 0.717) is 0 Å². The third kappa shape index (κ3) is 2.58. The summed E-state index contributed by atoms with van der Waals surface area (Å²) in [6.45, 7) is 0.928. The number of benzene rings is 1. The quantitative estimate of drug-likeness (QED) is 0.732. The summed E-state index contributed by atoms with van der Waals surface area (Å²) in [6.07, 6.45) is 5.77. The number of aromatic amines is 1. The van der Waals surface area contributed by atoms with Gasteiger partial charge >= 0.3 is 0 Å². The maximum Gasteiger partial charge on any atom is 0.178 e. The van der Waals surface area contributed by atoms with Gasteiger partial charge in [0.2, 0.25) is 0 Å². The number of rotatable bonds is 4. The number of pyridine rings is 1. The first-order valence-electron chi connectivity index (χ1n) is 6.41. The number of hydrogen-bond donors (Lipinski definition) is 1. The molecule has 2 aromatic heterocycles. The maximum atomic E-state index is 5.36. The zero-order valence-corrected chi connectivity index (χ0v) is 11.4. The normalized spacial score (nSPS) is 10.9. The van der Waals surface area contributed by atoms with E-state index in [0.717, 1.165) is 35.2 Å². The van der Waals surface area contributed by atoms with Crippen molar-refractivity contribution >= 4 is 23.3 Å². The van der Waals surface area contributed by atoms with E-state index in [4.69, 9.17) is 12.2 Å². The van der Waals surface area contributed by atoms with Crippen molar-refractivity contribution in [1.82, 2.24) is 14.5 Å². The van der Waals surface area contributed by atoms with Gasteiger partial charge in [-0.2, -0.15) is 0 Å². The van der Waals surface area contributed by atoms with Gasteiger partial charge in [-0.1, -0.05) is 30.3 Å². The lowest BCUT2D eigenvalue weighted by atomic mass is 10.1. The van der Waals surface area contributed by atoms with E-state index in [9.17, 15) is 0 Å². The lowest BCUT2D eigenvalue weighted by molar-refractivity contribution is 0.650. The number of hydrogen-bond acceptors (Lipinski definition) is 2. The number of nitrogens with one attached hydrogen (secondary N) is 1. The molecule has 0 saturated carbocycles. The molecule has 0 aliphatic heterocycles. The Balaban J connectivity index is 1.75. The first kappa shape index (κ1) is 12.1. The van der Waals surface area contributed by atoms with Gasteiger partial charge in [0.05, 0.1) is 17.2 Å². The summed E-state index contributed by atoms with van der Waals surface area (Å²) in [5.74, 6) is 0. The molecule has 3 rings (SSSR count). The van der Waals surface area contributed by atoms with E-state index >= 15 is 0 Å². The predicted molar refractivity (Wildman–Crippen MR) is 79.7 cm³/mol. The highest BCUT2D eigenvalue weighted by atomic mass is 32.1. The molecule has 1 N–H and O–H groups in total. The van der Waals surface area contributed by atoms with Crippen molar-refractivity contribution in [3.8, 4) is 0 Å². The Morgan fingerprint density at radius 2 is 2.00 bits per heavy atom. The molecule has 0 bridgehead atoms. The molecule has 0 spiro atoms.